The van der Waals surface area contributed by atoms with E-state index in [1.54, 1.807) is 6.07 Å². The molecule has 0 N–H and O–H groups in total. The van der Waals surface area contributed by atoms with Gasteiger partial charge in [0.25, 0.3) is 0 Å². The molecule has 0 saturated heterocycles. The van der Waals surface area contributed by atoms with Gasteiger partial charge < -0.3 is 4.52 Å². The fourth-order valence-corrected chi connectivity index (χ4v) is 0.450. The molecule has 0 fully saturated rings. The highest BCUT2D eigenvalue weighted by Gasteiger charge is 1.90. The summed E-state index contributed by atoms with van der Waals surface area (Å²) in [6, 6.07) is 1.66. The van der Waals surface area contributed by atoms with Gasteiger partial charge in [0.1, 0.15) is 6.61 Å². The van der Waals surface area contributed by atoms with Crippen molar-refractivity contribution >= 4 is 8.25 Å². The average molecular weight is 135 g/mol. The molecule has 8 heavy (non-hydrogen) atoms. The number of hydrogen-bond acceptors (Lipinski definition) is 4. The second kappa shape index (κ2) is 4.79. The topological polar surface area (TPSA) is 59.3 Å². The van der Waals surface area contributed by atoms with Crippen molar-refractivity contribution in [2.24, 2.45) is 0 Å². The van der Waals surface area contributed by atoms with Crippen LogP contribution in [0.2, 0.25) is 0 Å². The highest BCUT2D eigenvalue weighted by atomic mass is 31.1. The van der Waals surface area contributed by atoms with Crippen molar-refractivity contribution in [3.05, 3.63) is 0 Å². The molecule has 0 radical (unpaired) electrons. The molecular formula is C3H6NO3P. The largest absolute Gasteiger partial charge is 0.319 e. The van der Waals surface area contributed by atoms with E-state index in [1.807, 2.05) is 0 Å². The van der Waals surface area contributed by atoms with Crippen LogP contribution in [0.1, 0.15) is 0 Å². The number of nitrogens with zero attached hydrogens (tertiary/aromatic N) is 1. The Kier molecular flexibility index (Phi) is 4.58. The second-order valence-corrected chi connectivity index (χ2v) is 2.10. The maximum absolute atomic E-state index is 10.2. The molecular weight excluding hydrogens is 129 g/mol. The molecule has 0 aromatic rings. The van der Waals surface area contributed by atoms with Gasteiger partial charge in [0.05, 0.1) is 6.07 Å². The van der Waals surface area contributed by atoms with Gasteiger partial charge in [-0.1, -0.05) is 0 Å². The smallest absolute Gasteiger partial charge is 0.314 e. The molecule has 5 heteroatoms. The summed E-state index contributed by atoms with van der Waals surface area (Å²) >= 11 is 0. The molecule has 0 aromatic heterocycles. The quantitative estimate of drug-likeness (QED) is 0.530. The Balaban J connectivity index is 3.15. The Morgan fingerprint density at radius 3 is 2.88 bits per heavy atom. The van der Waals surface area contributed by atoms with Gasteiger partial charge in [-0.2, -0.15) is 5.26 Å². The highest BCUT2D eigenvalue weighted by molar-refractivity contribution is 7.33. The summed E-state index contributed by atoms with van der Waals surface area (Å²) in [5.41, 5.74) is 0. The van der Waals surface area contributed by atoms with E-state index in [4.69, 9.17) is 5.26 Å². The summed E-state index contributed by atoms with van der Waals surface area (Å²) in [7, 11) is -1.10. The Labute approximate surface area is 48.0 Å². The second-order valence-electron chi connectivity index (χ2n) is 0.901. The lowest BCUT2D eigenvalue weighted by atomic mass is 10.9. The summed E-state index contributed by atoms with van der Waals surface area (Å²) in [5.74, 6) is 0. The van der Waals surface area contributed by atoms with Crippen LogP contribution in [0.3, 0.4) is 0 Å². The van der Waals surface area contributed by atoms with Gasteiger partial charge in [-0.3, -0.25) is 9.09 Å². The highest BCUT2D eigenvalue weighted by Crippen LogP contribution is 2.20. The monoisotopic (exact) mass is 135 g/mol. The van der Waals surface area contributed by atoms with E-state index in [-0.39, 0.29) is 6.61 Å². The van der Waals surface area contributed by atoms with E-state index in [9.17, 15) is 4.57 Å². The number of nitriles is 1. The van der Waals surface area contributed by atoms with E-state index in [1.165, 1.54) is 7.11 Å². The van der Waals surface area contributed by atoms with Gasteiger partial charge in [0, 0.05) is 7.11 Å². The first kappa shape index (κ1) is 7.64. The van der Waals surface area contributed by atoms with E-state index in [0.717, 1.165) is 0 Å². The summed E-state index contributed by atoms with van der Waals surface area (Å²) in [6.07, 6.45) is 0. The summed E-state index contributed by atoms with van der Waals surface area (Å²) in [4.78, 5) is 0. The first-order chi connectivity index (χ1) is 3.81. The van der Waals surface area contributed by atoms with E-state index < -0.39 is 8.25 Å². The molecule has 46 valence electrons. The average Bonchev–Trinajstić information content (AvgIpc) is 1.83. The lowest BCUT2D eigenvalue weighted by Crippen LogP contribution is -1.79. The molecule has 0 aromatic carbocycles. The maximum atomic E-state index is 10.2. The Bertz CT molecular complexity index is 118. The minimum Gasteiger partial charge on any atom is -0.314 e. The molecule has 0 heterocycles. The zero-order valence-electron chi connectivity index (χ0n) is 4.38. The van der Waals surface area contributed by atoms with Crippen LogP contribution in [-0.2, 0) is 13.6 Å². The summed E-state index contributed by atoms with van der Waals surface area (Å²) in [5, 5.41) is 7.86. The molecule has 4 nitrogen and oxygen atoms in total. The number of hydrogen-bond donors (Lipinski definition) is 0. The normalized spacial score (nSPS) is 12.5. The van der Waals surface area contributed by atoms with Crippen LogP contribution >= 0.6 is 8.25 Å². The number of rotatable bonds is 3. The third-order valence-electron chi connectivity index (χ3n) is 0.421. The van der Waals surface area contributed by atoms with Gasteiger partial charge >= 0.3 is 8.25 Å². The molecule has 0 saturated carbocycles. The van der Waals surface area contributed by atoms with Gasteiger partial charge in [-0.15, -0.1) is 0 Å². The molecule has 1 atom stereocenters. The van der Waals surface area contributed by atoms with Gasteiger partial charge in [0.2, 0.25) is 0 Å². The lowest BCUT2D eigenvalue weighted by molar-refractivity contribution is 0.282. The summed E-state index contributed by atoms with van der Waals surface area (Å²) < 4.78 is 18.7. The molecule has 1 unspecified atom stereocenters. The fraction of sp³-hybridized carbons (Fsp3) is 0.667. The lowest BCUT2D eigenvalue weighted by Gasteiger charge is -1.92. The van der Waals surface area contributed by atoms with Crippen molar-refractivity contribution in [1.29, 1.82) is 5.26 Å². The third-order valence-corrected chi connectivity index (χ3v) is 1.13. The molecule has 0 aliphatic carbocycles. The molecule has 0 bridgehead atoms. The summed E-state index contributed by atoms with van der Waals surface area (Å²) in [6.45, 7) is -0.175. The molecule has 0 amide bonds. The minimum atomic E-state index is -2.36. The van der Waals surface area contributed by atoms with Crippen LogP contribution in [-0.4, -0.2) is 13.7 Å². The zero-order valence-corrected chi connectivity index (χ0v) is 5.38. The third kappa shape index (κ3) is 3.82. The fourth-order valence-electron chi connectivity index (χ4n) is 0.150. The van der Waals surface area contributed by atoms with Crippen molar-refractivity contribution in [3.63, 3.8) is 0 Å². The SMILES string of the molecule is CO[PH](=O)OCC#N. The molecule has 0 rings (SSSR count). The molecule has 0 aliphatic heterocycles. The standard InChI is InChI=1S/C3H6NO3P/c1-6-8(5)7-3-2-4/h8H,3H2,1H3. The van der Waals surface area contributed by atoms with Gasteiger partial charge in [-0.05, 0) is 0 Å². The Morgan fingerprint density at radius 2 is 2.50 bits per heavy atom. The zero-order chi connectivity index (χ0) is 6.41. The van der Waals surface area contributed by atoms with Crippen molar-refractivity contribution in [2.75, 3.05) is 13.7 Å². The van der Waals surface area contributed by atoms with Crippen molar-refractivity contribution in [2.45, 2.75) is 0 Å². The predicted octanol–water partition coefficient (Wildman–Crippen LogP) is 0.563. The van der Waals surface area contributed by atoms with E-state index >= 15 is 0 Å². The Hall–Kier alpha value is -0.360. The predicted molar refractivity (Wildman–Crippen MR) is 27.6 cm³/mol. The van der Waals surface area contributed by atoms with Crippen molar-refractivity contribution < 1.29 is 13.6 Å². The van der Waals surface area contributed by atoms with Crippen LogP contribution in [0.5, 0.6) is 0 Å². The van der Waals surface area contributed by atoms with Crippen LogP contribution < -0.4 is 0 Å². The first-order valence-electron chi connectivity index (χ1n) is 1.89. The van der Waals surface area contributed by atoms with Crippen molar-refractivity contribution in [3.8, 4) is 6.07 Å². The van der Waals surface area contributed by atoms with Crippen LogP contribution in [0.15, 0.2) is 0 Å². The van der Waals surface area contributed by atoms with Crippen LogP contribution in [0.4, 0.5) is 0 Å². The van der Waals surface area contributed by atoms with Crippen molar-refractivity contribution in [1.82, 2.24) is 0 Å². The van der Waals surface area contributed by atoms with Crippen LogP contribution in [0.25, 0.3) is 0 Å². The van der Waals surface area contributed by atoms with Gasteiger partial charge in [0.15, 0.2) is 0 Å². The van der Waals surface area contributed by atoms with E-state index in [0.29, 0.717) is 0 Å². The maximum Gasteiger partial charge on any atom is 0.319 e. The Morgan fingerprint density at radius 1 is 1.88 bits per heavy atom. The first-order valence-corrected chi connectivity index (χ1v) is 3.11. The minimum absolute atomic E-state index is 0.175. The van der Waals surface area contributed by atoms with Gasteiger partial charge in [-0.25, -0.2) is 0 Å². The molecule has 0 spiro atoms. The van der Waals surface area contributed by atoms with Crippen LogP contribution in [0, 0.1) is 11.3 Å². The molecule has 0 aliphatic rings. The van der Waals surface area contributed by atoms with E-state index in [2.05, 4.69) is 9.05 Å².